The molecule has 3 heteroatoms. The number of nitrogens with two attached hydrogens (primary N) is 1. The summed E-state index contributed by atoms with van der Waals surface area (Å²) >= 11 is 5.67. The molecule has 1 saturated heterocycles. The summed E-state index contributed by atoms with van der Waals surface area (Å²) in [5, 5.41) is 3.97. The second-order valence-corrected chi connectivity index (χ2v) is 5.16. The van der Waals surface area contributed by atoms with Gasteiger partial charge in [-0.2, -0.15) is 0 Å². The molecule has 0 aromatic heterocycles. The second kappa shape index (κ2) is 11.7. The minimum Gasteiger partial charge on any atom is -0.326 e. The third-order valence-corrected chi connectivity index (χ3v) is 3.20. The Bertz CT molecular complexity index is 390. The zero-order valence-electron chi connectivity index (χ0n) is 12.0. The molecule has 1 aromatic rings. The fraction of sp³-hybridized carbons (Fsp3) is 0.412. The van der Waals surface area contributed by atoms with Gasteiger partial charge in [0.15, 0.2) is 0 Å². The van der Waals surface area contributed by atoms with Gasteiger partial charge < -0.3 is 11.1 Å². The van der Waals surface area contributed by atoms with Gasteiger partial charge in [0.25, 0.3) is 0 Å². The molecule has 0 saturated carbocycles. The molecule has 0 amide bonds. The summed E-state index contributed by atoms with van der Waals surface area (Å²) in [4.78, 5) is 0. The zero-order valence-corrected chi connectivity index (χ0v) is 12.8. The van der Waals surface area contributed by atoms with E-state index in [1.165, 1.54) is 38.8 Å². The number of halogens is 1. The van der Waals surface area contributed by atoms with Gasteiger partial charge in [-0.3, -0.25) is 0 Å². The molecule has 0 atom stereocenters. The SMILES string of the molecule is C1=CCCC=C1.C1CCNC1.NCc1cccc(Cl)c1. The average Bonchev–Trinajstić information content (AvgIpc) is 3.09. The molecule has 20 heavy (non-hydrogen) atoms. The van der Waals surface area contributed by atoms with Crippen LogP contribution in [0.2, 0.25) is 5.02 Å². The van der Waals surface area contributed by atoms with Gasteiger partial charge in [0, 0.05) is 11.6 Å². The zero-order chi connectivity index (χ0) is 14.5. The normalized spacial score (nSPS) is 15.9. The van der Waals surface area contributed by atoms with Crippen LogP contribution in [0.25, 0.3) is 0 Å². The molecular formula is C17H25ClN2. The molecule has 0 unspecified atom stereocenters. The standard InChI is InChI=1S/C7H8ClN.C6H8.C4H9N/c8-7-3-1-2-6(4-7)5-9;1-2-4-6-5-3-1;1-2-4-5-3-1/h1-4H,5,9H2;1-4H,5-6H2;5H,1-4H2. The summed E-state index contributed by atoms with van der Waals surface area (Å²) < 4.78 is 0. The highest BCUT2D eigenvalue weighted by Crippen LogP contribution is 2.09. The Morgan fingerprint density at radius 2 is 1.70 bits per heavy atom. The van der Waals surface area contributed by atoms with E-state index in [0.717, 1.165) is 10.6 Å². The fourth-order valence-electron chi connectivity index (χ4n) is 1.83. The third kappa shape index (κ3) is 8.92. The smallest absolute Gasteiger partial charge is 0.0409 e. The van der Waals surface area contributed by atoms with Gasteiger partial charge in [0.1, 0.15) is 0 Å². The highest BCUT2D eigenvalue weighted by molar-refractivity contribution is 6.30. The van der Waals surface area contributed by atoms with Gasteiger partial charge in [-0.15, -0.1) is 0 Å². The van der Waals surface area contributed by atoms with Crippen LogP contribution in [0.15, 0.2) is 48.6 Å². The lowest BCUT2D eigenvalue weighted by Crippen LogP contribution is -2.03. The van der Waals surface area contributed by atoms with Crippen molar-refractivity contribution in [3.8, 4) is 0 Å². The van der Waals surface area contributed by atoms with Gasteiger partial charge in [-0.05, 0) is 56.5 Å². The number of rotatable bonds is 1. The molecule has 1 aliphatic carbocycles. The molecule has 1 aromatic carbocycles. The molecule has 1 heterocycles. The Hall–Kier alpha value is -1.09. The number of hydrogen-bond acceptors (Lipinski definition) is 2. The van der Waals surface area contributed by atoms with E-state index >= 15 is 0 Å². The lowest BCUT2D eigenvalue weighted by molar-refractivity contribution is 0.857. The van der Waals surface area contributed by atoms with Crippen LogP contribution >= 0.6 is 11.6 Å². The van der Waals surface area contributed by atoms with Crippen molar-refractivity contribution in [3.63, 3.8) is 0 Å². The molecule has 1 fully saturated rings. The van der Waals surface area contributed by atoms with Crippen LogP contribution in [-0.2, 0) is 6.54 Å². The van der Waals surface area contributed by atoms with Crippen LogP contribution in [0.1, 0.15) is 31.2 Å². The van der Waals surface area contributed by atoms with Gasteiger partial charge in [0.2, 0.25) is 0 Å². The van der Waals surface area contributed by atoms with Crippen molar-refractivity contribution < 1.29 is 0 Å². The first kappa shape index (κ1) is 17.0. The summed E-state index contributed by atoms with van der Waals surface area (Å²) in [6, 6.07) is 7.54. The molecule has 1 aliphatic heterocycles. The van der Waals surface area contributed by atoms with Crippen LogP contribution in [0.3, 0.4) is 0 Å². The fourth-order valence-corrected chi connectivity index (χ4v) is 2.04. The Kier molecular flexibility index (Phi) is 9.93. The van der Waals surface area contributed by atoms with Crippen LogP contribution in [-0.4, -0.2) is 13.1 Å². The van der Waals surface area contributed by atoms with Gasteiger partial charge in [0.05, 0.1) is 0 Å². The van der Waals surface area contributed by atoms with Gasteiger partial charge in [-0.1, -0.05) is 48.0 Å². The van der Waals surface area contributed by atoms with Crippen LogP contribution in [0, 0.1) is 0 Å². The number of benzene rings is 1. The molecule has 3 N–H and O–H groups in total. The van der Waals surface area contributed by atoms with Crippen molar-refractivity contribution in [2.24, 2.45) is 5.73 Å². The first-order valence-electron chi connectivity index (χ1n) is 7.30. The summed E-state index contributed by atoms with van der Waals surface area (Å²) in [5.74, 6) is 0. The van der Waals surface area contributed by atoms with Crippen molar-refractivity contribution in [1.82, 2.24) is 5.32 Å². The predicted molar refractivity (Wildman–Crippen MR) is 89.0 cm³/mol. The summed E-state index contributed by atoms with van der Waals surface area (Å²) in [5.41, 5.74) is 6.43. The highest BCUT2D eigenvalue weighted by Gasteiger charge is 1.93. The van der Waals surface area contributed by atoms with Crippen molar-refractivity contribution in [3.05, 3.63) is 59.2 Å². The first-order valence-corrected chi connectivity index (χ1v) is 7.67. The number of hydrogen-bond donors (Lipinski definition) is 2. The third-order valence-electron chi connectivity index (χ3n) is 2.97. The lowest BCUT2D eigenvalue weighted by Gasteiger charge is -1.93. The molecular weight excluding hydrogens is 268 g/mol. The number of allylic oxidation sites excluding steroid dienone is 4. The molecule has 0 bridgehead atoms. The van der Waals surface area contributed by atoms with Crippen molar-refractivity contribution in [2.45, 2.75) is 32.2 Å². The van der Waals surface area contributed by atoms with Crippen molar-refractivity contribution in [1.29, 1.82) is 0 Å². The maximum atomic E-state index is 5.67. The highest BCUT2D eigenvalue weighted by atomic mass is 35.5. The Morgan fingerprint density at radius 3 is 2.00 bits per heavy atom. The minimum absolute atomic E-state index is 0.556. The van der Waals surface area contributed by atoms with Crippen LogP contribution < -0.4 is 11.1 Å². The van der Waals surface area contributed by atoms with Crippen LogP contribution in [0.5, 0.6) is 0 Å². The van der Waals surface area contributed by atoms with E-state index in [4.69, 9.17) is 17.3 Å². The molecule has 0 spiro atoms. The average molecular weight is 293 g/mol. The lowest BCUT2D eigenvalue weighted by atomic mass is 10.2. The van der Waals surface area contributed by atoms with E-state index < -0.39 is 0 Å². The summed E-state index contributed by atoms with van der Waals surface area (Å²) in [6.45, 7) is 3.06. The second-order valence-electron chi connectivity index (χ2n) is 4.72. The van der Waals surface area contributed by atoms with E-state index in [0.29, 0.717) is 6.54 Å². The van der Waals surface area contributed by atoms with Crippen molar-refractivity contribution in [2.75, 3.05) is 13.1 Å². The van der Waals surface area contributed by atoms with Crippen molar-refractivity contribution >= 4 is 11.6 Å². The first-order chi connectivity index (χ1) is 9.83. The van der Waals surface area contributed by atoms with E-state index in [1.54, 1.807) is 0 Å². The largest absolute Gasteiger partial charge is 0.326 e. The van der Waals surface area contributed by atoms with E-state index in [2.05, 4.69) is 29.6 Å². The Balaban J connectivity index is 0.000000158. The van der Waals surface area contributed by atoms with E-state index in [1.807, 2.05) is 24.3 Å². The monoisotopic (exact) mass is 292 g/mol. The van der Waals surface area contributed by atoms with Gasteiger partial charge >= 0.3 is 0 Å². The molecule has 2 aliphatic rings. The van der Waals surface area contributed by atoms with E-state index in [-0.39, 0.29) is 0 Å². The van der Waals surface area contributed by atoms with Crippen LogP contribution in [0.4, 0.5) is 0 Å². The predicted octanol–water partition coefficient (Wildman–Crippen LogP) is 4.06. The quantitative estimate of drug-likeness (QED) is 0.819. The van der Waals surface area contributed by atoms with Gasteiger partial charge in [-0.25, -0.2) is 0 Å². The number of nitrogens with one attached hydrogen (secondary N) is 1. The minimum atomic E-state index is 0.556. The Labute approximate surface area is 127 Å². The maximum absolute atomic E-state index is 5.67. The molecule has 0 radical (unpaired) electrons. The molecule has 2 nitrogen and oxygen atoms in total. The Morgan fingerprint density at radius 1 is 1.05 bits per heavy atom. The molecule has 3 rings (SSSR count). The summed E-state index contributed by atoms with van der Waals surface area (Å²) in [6.07, 6.45) is 13.8. The maximum Gasteiger partial charge on any atom is 0.0409 e. The topological polar surface area (TPSA) is 38.0 Å². The molecule has 110 valence electrons. The van der Waals surface area contributed by atoms with E-state index in [9.17, 15) is 0 Å². The summed E-state index contributed by atoms with van der Waals surface area (Å²) in [7, 11) is 0.